The van der Waals surface area contributed by atoms with E-state index in [0.29, 0.717) is 5.41 Å². The Bertz CT molecular complexity index is 441. The molecule has 2 saturated carbocycles. The summed E-state index contributed by atoms with van der Waals surface area (Å²) in [5.41, 5.74) is 2.55. The molecule has 0 N–H and O–H groups in total. The largest absolute Gasteiger partial charge is 0.298 e. The molecule has 2 unspecified atom stereocenters. The van der Waals surface area contributed by atoms with Crippen LogP contribution in [0.5, 0.6) is 0 Å². The fourth-order valence-electron chi connectivity index (χ4n) is 4.79. The van der Waals surface area contributed by atoms with E-state index >= 15 is 0 Å². The molecule has 3 rings (SSSR count). The molecule has 1 nitrogen and oxygen atoms in total. The number of rotatable bonds is 2. The molecule has 0 saturated heterocycles. The van der Waals surface area contributed by atoms with Crippen molar-refractivity contribution in [1.29, 1.82) is 0 Å². The number of hydrogen-bond acceptors (Lipinski definition) is 1. The lowest BCUT2D eigenvalue weighted by Crippen LogP contribution is -2.38. The summed E-state index contributed by atoms with van der Waals surface area (Å²) in [4.78, 5) is 10.8. The first-order chi connectivity index (χ1) is 9.09. The fraction of sp³-hybridized carbons (Fsp3) is 0.611. The molecule has 2 bridgehead atoms. The molecule has 2 aliphatic carbocycles. The summed E-state index contributed by atoms with van der Waals surface area (Å²) in [7, 11) is 0. The predicted octanol–water partition coefficient (Wildman–Crippen LogP) is 4.60. The number of aldehydes is 1. The molecule has 2 fully saturated rings. The number of carbonyl (C=O) groups excluding carboxylic acids is 1. The van der Waals surface area contributed by atoms with Gasteiger partial charge < -0.3 is 0 Å². The van der Waals surface area contributed by atoms with Gasteiger partial charge in [0.1, 0.15) is 6.29 Å². The van der Waals surface area contributed by atoms with Crippen LogP contribution in [0.1, 0.15) is 61.9 Å². The van der Waals surface area contributed by atoms with Gasteiger partial charge in [0.05, 0.1) is 0 Å². The van der Waals surface area contributed by atoms with Gasteiger partial charge in [0.2, 0.25) is 0 Å². The SMILES string of the molecule is CC1CC2CC(C1)CC(C)(c1ccc(C=O)cc1)C2. The van der Waals surface area contributed by atoms with E-state index in [1.807, 2.05) is 12.1 Å². The van der Waals surface area contributed by atoms with Crippen molar-refractivity contribution < 1.29 is 4.79 Å². The van der Waals surface area contributed by atoms with Crippen LogP contribution in [0.15, 0.2) is 24.3 Å². The van der Waals surface area contributed by atoms with Crippen molar-refractivity contribution in [1.82, 2.24) is 0 Å². The summed E-state index contributed by atoms with van der Waals surface area (Å²) in [6.07, 6.45) is 7.87. The lowest BCUT2D eigenvalue weighted by molar-refractivity contribution is 0.0898. The third-order valence-electron chi connectivity index (χ3n) is 5.36. The van der Waals surface area contributed by atoms with Gasteiger partial charge in [0.25, 0.3) is 0 Å². The van der Waals surface area contributed by atoms with Crippen molar-refractivity contribution in [3.8, 4) is 0 Å². The van der Waals surface area contributed by atoms with Crippen LogP contribution in [-0.2, 0) is 5.41 Å². The third kappa shape index (κ3) is 2.48. The van der Waals surface area contributed by atoms with Gasteiger partial charge >= 0.3 is 0 Å². The summed E-state index contributed by atoms with van der Waals surface area (Å²) in [5.74, 6) is 2.75. The summed E-state index contributed by atoms with van der Waals surface area (Å²) >= 11 is 0. The fourth-order valence-corrected chi connectivity index (χ4v) is 4.79. The van der Waals surface area contributed by atoms with Crippen molar-refractivity contribution in [2.45, 2.75) is 51.4 Å². The molecule has 0 amide bonds. The maximum Gasteiger partial charge on any atom is 0.150 e. The van der Waals surface area contributed by atoms with Gasteiger partial charge in [-0.2, -0.15) is 0 Å². The number of benzene rings is 1. The molecule has 19 heavy (non-hydrogen) atoms. The average Bonchev–Trinajstić information content (AvgIpc) is 2.37. The van der Waals surface area contributed by atoms with Crippen LogP contribution >= 0.6 is 0 Å². The first-order valence-electron chi connectivity index (χ1n) is 7.65. The van der Waals surface area contributed by atoms with Gasteiger partial charge in [-0.25, -0.2) is 0 Å². The molecule has 102 valence electrons. The van der Waals surface area contributed by atoms with Gasteiger partial charge in [-0.05, 0) is 60.8 Å². The normalized spacial score (nSPS) is 37.9. The molecule has 0 aliphatic heterocycles. The Hall–Kier alpha value is -1.11. The van der Waals surface area contributed by atoms with Crippen LogP contribution in [0.2, 0.25) is 0 Å². The Morgan fingerprint density at radius 2 is 1.63 bits per heavy atom. The lowest BCUT2D eigenvalue weighted by Gasteiger charge is -2.47. The molecule has 0 spiro atoms. The highest BCUT2D eigenvalue weighted by Crippen LogP contribution is 2.51. The summed E-state index contributed by atoms with van der Waals surface area (Å²) in [5, 5.41) is 0. The van der Waals surface area contributed by atoms with E-state index in [4.69, 9.17) is 0 Å². The molecule has 2 aliphatic rings. The van der Waals surface area contributed by atoms with E-state index in [1.165, 1.54) is 37.7 Å². The zero-order valence-electron chi connectivity index (χ0n) is 12.1. The highest BCUT2D eigenvalue weighted by atomic mass is 16.1. The zero-order chi connectivity index (χ0) is 13.5. The molecule has 0 aromatic heterocycles. The van der Waals surface area contributed by atoms with Gasteiger partial charge in [-0.15, -0.1) is 0 Å². The molecular formula is C18H24O. The number of hydrogen-bond donors (Lipinski definition) is 0. The van der Waals surface area contributed by atoms with Gasteiger partial charge in [-0.1, -0.05) is 38.1 Å². The standard InChI is InChI=1S/C18H24O/c1-13-7-15-9-16(8-13)11-18(2,10-15)17-5-3-14(12-19)4-6-17/h3-6,12-13,15-16H,7-11H2,1-2H3. The Kier molecular flexibility index (Phi) is 3.24. The third-order valence-corrected chi connectivity index (χ3v) is 5.36. The van der Waals surface area contributed by atoms with Crippen molar-refractivity contribution in [3.05, 3.63) is 35.4 Å². The summed E-state index contributed by atoms with van der Waals surface area (Å²) in [6, 6.07) is 8.30. The van der Waals surface area contributed by atoms with E-state index in [0.717, 1.165) is 29.6 Å². The van der Waals surface area contributed by atoms with Gasteiger partial charge in [-0.3, -0.25) is 4.79 Å². The van der Waals surface area contributed by atoms with Crippen LogP contribution in [0, 0.1) is 17.8 Å². The van der Waals surface area contributed by atoms with Crippen LogP contribution in [0.4, 0.5) is 0 Å². The van der Waals surface area contributed by atoms with Crippen LogP contribution in [0.25, 0.3) is 0 Å². The van der Waals surface area contributed by atoms with Crippen molar-refractivity contribution in [2.75, 3.05) is 0 Å². The zero-order valence-corrected chi connectivity index (χ0v) is 12.1. The van der Waals surface area contributed by atoms with Crippen LogP contribution < -0.4 is 0 Å². The molecule has 1 heteroatoms. The number of fused-ring (bicyclic) bond motifs is 2. The Balaban J connectivity index is 1.84. The quantitative estimate of drug-likeness (QED) is 0.707. The second kappa shape index (κ2) is 4.77. The maximum atomic E-state index is 10.8. The molecule has 0 heterocycles. The minimum absolute atomic E-state index is 0.329. The first-order valence-corrected chi connectivity index (χ1v) is 7.65. The predicted molar refractivity (Wildman–Crippen MR) is 78.4 cm³/mol. The first kappa shape index (κ1) is 12.9. The Labute approximate surface area is 116 Å². The topological polar surface area (TPSA) is 17.1 Å². The number of carbonyl (C=O) groups is 1. The lowest BCUT2D eigenvalue weighted by atomic mass is 9.57. The maximum absolute atomic E-state index is 10.8. The molecule has 2 atom stereocenters. The van der Waals surface area contributed by atoms with E-state index in [-0.39, 0.29) is 0 Å². The minimum atomic E-state index is 0.329. The monoisotopic (exact) mass is 256 g/mol. The van der Waals surface area contributed by atoms with Crippen LogP contribution in [-0.4, -0.2) is 6.29 Å². The van der Waals surface area contributed by atoms with Gasteiger partial charge in [0.15, 0.2) is 0 Å². The Morgan fingerprint density at radius 3 is 2.16 bits per heavy atom. The summed E-state index contributed by atoms with van der Waals surface area (Å²) < 4.78 is 0. The molecule has 1 aromatic carbocycles. The van der Waals surface area contributed by atoms with Gasteiger partial charge in [0, 0.05) is 5.56 Å². The molecule has 0 radical (unpaired) electrons. The minimum Gasteiger partial charge on any atom is -0.298 e. The van der Waals surface area contributed by atoms with E-state index in [1.54, 1.807) is 0 Å². The summed E-state index contributed by atoms with van der Waals surface area (Å²) in [6.45, 7) is 4.85. The second-order valence-corrected chi connectivity index (χ2v) is 7.25. The Morgan fingerprint density at radius 1 is 1.05 bits per heavy atom. The average molecular weight is 256 g/mol. The second-order valence-electron chi connectivity index (χ2n) is 7.25. The highest BCUT2D eigenvalue weighted by Gasteiger charge is 2.41. The van der Waals surface area contributed by atoms with Crippen molar-refractivity contribution >= 4 is 6.29 Å². The molecule has 1 aromatic rings. The smallest absolute Gasteiger partial charge is 0.150 e. The van der Waals surface area contributed by atoms with E-state index in [9.17, 15) is 4.79 Å². The molecular weight excluding hydrogens is 232 g/mol. The van der Waals surface area contributed by atoms with Crippen LogP contribution in [0.3, 0.4) is 0 Å². The van der Waals surface area contributed by atoms with Crippen molar-refractivity contribution in [3.63, 3.8) is 0 Å². The van der Waals surface area contributed by atoms with E-state index in [2.05, 4.69) is 26.0 Å². The highest BCUT2D eigenvalue weighted by molar-refractivity contribution is 5.74. The van der Waals surface area contributed by atoms with E-state index < -0.39 is 0 Å². The van der Waals surface area contributed by atoms with Crippen molar-refractivity contribution in [2.24, 2.45) is 17.8 Å².